The second-order valence-corrected chi connectivity index (χ2v) is 6.86. The first-order valence-corrected chi connectivity index (χ1v) is 9.77. The van der Waals surface area contributed by atoms with Gasteiger partial charge in [0.05, 0.1) is 15.9 Å². The molecule has 2 N–H and O–H groups in total. The van der Waals surface area contributed by atoms with E-state index in [1.54, 1.807) is 12.3 Å². The van der Waals surface area contributed by atoms with Gasteiger partial charge in [-0.05, 0) is 36.3 Å². The first kappa shape index (κ1) is 18.9. The fraction of sp³-hybridized carbons (Fsp3) is 0.167. The Morgan fingerprint density at radius 3 is 2.55 bits per heavy atom. The van der Waals surface area contributed by atoms with Gasteiger partial charge in [0.1, 0.15) is 11.7 Å². The number of nitrogens with zero attached hydrogens (tertiary/aromatic N) is 1. The summed E-state index contributed by atoms with van der Waals surface area (Å²) in [6.45, 7) is 6.04. The molecule has 2 aromatic heterocycles. The minimum Gasteiger partial charge on any atom is -0.337 e. The highest BCUT2D eigenvalue weighted by molar-refractivity contribution is 5.76. The molecule has 3 aromatic rings. The van der Waals surface area contributed by atoms with Gasteiger partial charge in [-0.15, -0.1) is 0 Å². The van der Waals surface area contributed by atoms with E-state index in [0.717, 1.165) is 32.9 Å². The Labute approximate surface area is 167 Å². The highest BCUT2D eigenvalue weighted by atomic mass is 19.1. The molecule has 2 bridgehead atoms. The summed E-state index contributed by atoms with van der Waals surface area (Å²) in [5, 5.41) is 2.78. The van der Waals surface area contributed by atoms with Crippen LogP contribution in [0.3, 0.4) is 0 Å². The molecular weight excluding hydrogens is 365 g/mol. The average Bonchev–Trinajstić information content (AvgIpc) is 3.02. The van der Waals surface area contributed by atoms with Crippen LogP contribution in [0, 0.1) is 17.5 Å². The number of hydrogen-bond donors (Lipinski definition) is 2. The van der Waals surface area contributed by atoms with Gasteiger partial charge in [-0.2, -0.15) is 0 Å². The van der Waals surface area contributed by atoms with Gasteiger partial charge >= 0.3 is 0 Å². The molecule has 0 amide bonds. The van der Waals surface area contributed by atoms with E-state index < -0.39 is 0 Å². The van der Waals surface area contributed by atoms with E-state index in [1.165, 1.54) is 17.7 Å². The van der Waals surface area contributed by atoms with Crippen molar-refractivity contribution in [3.63, 3.8) is 0 Å². The Hall–Kier alpha value is -3.47. The number of allylic oxidation sites excluding steroid dienone is 4. The van der Waals surface area contributed by atoms with Crippen molar-refractivity contribution in [2.24, 2.45) is 0 Å². The van der Waals surface area contributed by atoms with Crippen LogP contribution in [0.15, 0.2) is 65.4 Å². The Balaban J connectivity index is 0.000000994. The minimum atomic E-state index is -0.369. The Kier molecular flexibility index (Phi) is 4.89. The van der Waals surface area contributed by atoms with Gasteiger partial charge in [0.2, 0.25) is 0 Å². The summed E-state index contributed by atoms with van der Waals surface area (Å²) in [7, 11) is 0. The fourth-order valence-electron chi connectivity index (χ4n) is 3.69. The van der Waals surface area contributed by atoms with Crippen molar-refractivity contribution in [2.75, 3.05) is 0 Å². The standard InChI is InChI=1S/C22H16FN3O.C2H6/c1-12-2-4-13(5-3-12)21-25-19-14-6-7-16(23)11-15(10-14)18-17(20(19)26-21)8-9-24-22(18)27;1-2/h2-9,11H,10H2,1H3,(H,24,27)(H,25,26);1-2H3. The maximum atomic E-state index is 14.1. The van der Waals surface area contributed by atoms with Crippen molar-refractivity contribution in [1.29, 1.82) is 0 Å². The van der Waals surface area contributed by atoms with E-state index in [0.29, 0.717) is 17.2 Å². The summed E-state index contributed by atoms with van der Waals surface area (Å²) < 4.78 is 14.1. The number of rotatable bonds is 1. The van der Waals surface area contributed by atoms with Gasteiger partial charge in [-0.3, -0.25) is 4.79 Å². The number of hydrogen-bond acceptors (Lipinski definition) is 2. The summed E-state index contributed by atoms with van der Waals surface area (Å²) in [5.41, 5.74) is 3.45. The van der Waals surface area contributed by atoms with E-state index in [1.807, 2.05) is 51.1 Å². The predicted molar refractivity (Wildman–Crippen MR) is 114 cm³/mol. The SMILES string of the molecule is CC.Cc1ccc(-c2nc3c([nH]2)=c2cc[nH]c(=O)c2=C2C=C(F)C=CC=3C2)cc1. The molecule has 0 atom stereocenters. The maximum absolute atomic E-state index is 14.1. The summed E-state index contributed by atoms with van der Waals surface area (Å²) in [6, 6.07) is 9.93. The molecule has 5 rings (SSSR count). The Morgan fingerprint density at radius 2 is 1.79 bits per heavy atom. The highest BCUT2D eigenvalue weighted by Gasteiger charge is 2.15. The van der Waals surface area contributed by atoms with Gasteiger partial charge in [0, 0.05) is 23.4 Å². The molecular formula is C24H22FN3O. The highest BCUT2D eigenvalue weighted by Crippen LogP contribution is 2.23. The largest absolute Gasteiger partial charge is 0.337 e. The Bertz CT molecular complexity index is 1420. The first-order valence-electron chi connectivity index (χ1n) is 9.77. The monoisotopic (exact) mass is 387 g/mol. The molecule has 29 heavy (non-hydrogen) atoms. The second kappa shape index (κ2) is 7.51. The van der Waals surface area contributed by atoms with Crippen LogP contribution in [0.2, 0.25) is 0 Å². The number of aromatic amines is 2. The molecule has 5 heteroatoms. The third-order valence-corrected chi connectivity index (χ3v) is 5.02. The van der Waals surface area contributed by atoms with Gasteiger partial charge < -0.3 is 9.97 Å². The third kappa shape index (κ3) is 3.29. The van der Waals surface area contributed by atoms with Crippen LogP contribution in [0.1, 0.15) is 25.8 Å². The summed E-state index contributed by atoms with van der Waals surface area (Å²) in [6.07, 6.45) is 6.67. The van der Waals surface area contributed by atoms with Gasteiger partial charge in [0.25, 0.3) is 5.56 Å². The molecule has 2 aliphatic carbocycles. The molecule has 0 fully saturated rings. The van der Waals surface area contributed by atoms with Crippen molar-refractivity contribution in [2.45, 2.75) is 27.2 Å². The lowest BCUT2D eigenvalue weighted by molar-refractivity contribution is 0.668. The van der Waals surface area contributed by atoms with Crippen molar-refractivity contribution in [1.82, 2.24) is 15.0 Å². The number of aryl methyl sites for hydroxylation is 1. The van der Waals surface area contributed by atoms with Crippen LogP contribution in [0.4, 0.5) is 4.39 Å². The molecule has 0 unspecified atom stereocenters. The van der Waals surface area contributed by atoms with E-state index in [2.05, 4.69) is 9.97 Å². The number of pyridine rings is 1. The average molecular weight is 387 g/mol. The van der Waals surface area contributed by atoms with E-state index in [-0.39, 0.29) is 11.4 Å². The first-order chi connectivity index (χ1) is 14.1. The topological polar surface area (TPSA) is 61.5 Å². The zero-order valence-corrected chi connectivity index (χ0v) is 16.6. The van der Waals surface area contributed by atoms with Gasteiger partial charge in [-0.25, -0.2) is 9.37 Å². The van der Waals surface area contributed by atoms with Crippen molar-refractivity contribution in [3.8, 4) is 11.4 Å². The Morgan fingerprint density at radius 1 is 1.03 bits per heavy atom. The van der Waals surface area contributed by atoms with Gasteiger partial charge in [0.15, 0.2) is 0 Å². The number of fused-ring (bicyclic) bond motifs is 4. The summed E-state index contributed by atoms with van der Waals surface area (Å²) in [5.74, 6) is 0.361. The fourth-order valence-corrected chi connectivity index (χ4v) is 3.69. The lowest BCUT2D eigenvalue weighted by Crippen LogP contribution is -2.30. The molecule has 2 heterocycles. The van der Waals surface area contributed by atoms with Crippen LogP contribution in [-0.2, 0) is 0 Å². The van der Waals surface area contributed by atoms with Crippen LogP contribution < -0.4 is 16.1 Å². The normalized spacial score (nSPS) is 14.1. The summed E-state index contributed by atoms with van der Waals surface area (Å²) in [4.78, 5) is 23.5. The maximum Gasteiger partial charge on any atom is 0.256 e. The smallest absolute Gasteiger partial charge is 0.256 e. The number of halogens is 1. The number of H-pyrrole nitrogens is 2. The zero-order chi connectivity index (χ0) is 20.5. The molecule has 0 saturated heterocycles. The summed E-state index contributed by atoms with van der Waals surface area (Å²) >= 11 is 0. The van der Waals surface area contributed by atoms with Crippen LogP contribution in [0.25, 0.3) is 22.5 Å². The molecule has 0 aliphatic heterocycles. The number of aromatic nitrogens is 3. The quantitative estimate of drug-likeness (QED) is 0.671. The minimum absolute atomic E-state index is 0.230. The van der Waals surface area contributed by atoms with Gasteiger partial charge in [-0.1, -0.05) is 49.8 Å². The lowest BCUT2D eigenvalue weighted by Gasteiger charge is -2.00. The molecule has 0 radical (unpaired) electrons. The van der Waals surface area contributed by atoms with Crippen LogP contribution >= 0.6 is 0 Å². The van der Waals surface area contributed by atoms with E-state index in [4.69, 9.17) is 4.98 Å². The molecule has 0 spiro atoms. The second-order valence-electron chi connectivity index (χ2n) is 6.86. The zero-order valence-electron chi connectivity index (χ0n) is 16.6. The van der Waals surface area contributed by atoms with E-state index >= 15 is 0 Å². The van der Waals surface area contributed by atoms with Crippen molar-refractivity contribution in [3.05, 3.63) is 97.6 Å². The van der Waals surface area contributed by atoms with Crippen LogP contribution in [-0.4, -0.2) is 15.0 Å². The van der Waals surface area contributed by atoms with Crippen LogP contribution in [0.5, 0.6) is 0 Å². The predicted octanol–water partition coefficient (Wildman–Crippen LogP) is 3.51. The van der Waals surface area contributed by atoms with Crippen molar-refractivity contribution < 1.29 is 4.39 Å². The molecule has 2 aliphatic rings. The molecule has 1 aromatic carbocycles. The molecule has 4 nitrogen and oxygen atoms in total. The molecule has 0 saturated carbocycles. The number of nitrogens with one attached hydrogen (secondary N) is 2. The molecule has 146 valence electrons. The lowest BCUT2D eigenvalue weighted by atomic mass is 10.1. The van der Waals surface area contributed by atoms with Crippen molar-refractivity contribution >= 4 is 11.1 Å². The number of benzene rings is 1. The van der Waals surface area contributed by atoms with E-state index in [9.17, 15) is 9.18 Å². The number of imidazole rings is 1. The third-order valence-electron chi connectivity index (χ3n) is 5.02.